The Labute approximate surface area is 189 Å². The topological polar surface area (TPSA) is 53.5 Å². The van der Waals surface area contributed by atoms with Gasteiger partial charge in [0.15, 0.2) is 0 Å². The molecule has 3 atom stereocenters. The number of ether oxygens (including phenoxy) is 1. The fourth-order valence-corrected chi connectivity index (χ4v) is 4.06. The van der Waals surface area contributed by atoms with Crippen molar-refractivity contribution in [3.05, 3.63) is 23.3 Å². The summed E-state index contributed by atoms with van der Waals surface area (Å²) in [4.78, 5) is 0. The lowest BCUT2D eigenvalue weighted by atomic mass is 10.0. The number of fused-ring (bicyclic) bond motifs is 1. The number of benzene rings is 1. The lowest BCUT2D eigenvalue weighted by Gasteiger charge is -2.19. The molecule has 0 aliphatic carbocycles. The van der Waals surface area contributed by atoms with E-state index in [9.17, 15) is 5.11 Å². The number of aliphatic hydroxyl groups is 1. The molecule has 2 rings (SSSR count). The van der Waals surface area contributed by atoms with Crippen LogP contribution in [0.4, 0.5) is 5.69 Å². The van der Waals surface area contributed by atoms with Gasteiger partial charge in [0.1, 0.15) is 18.0 Å². The number of aryl methyl sites for hydroxylation is 1. The molecule has 0 bridgehead atoms. The van der Waals surface area contributed by atoms with Gasteiger partial charge in [-0.1, -0.05) is 34.6 Å². The first-order chi connectivity index (χ1) is 14.1. The Morgan fingerprint density at radius 3 is 2.48 bits per heavy atom. The van der Waals surface area contributed by atoms with Crippen LogP contribution in [0.25, 0.3) is 0 Å². The van der Waals surface area contributed by atoms with Crippen molar-refractivity contribution in [3.8, 4) is 5.75 Å². The van der Waals surface area contributed by atoms with Crippen molar-refractivity contribution < 1.29 is 9.84 Å². The van der Waals surface area contributed by atoms with E-state index >= 15 is 0 Å². The van der Waals surface area contributed by atoms with Gasteiger partial charge in [-0.15, -0.1) is 0 Å². The summed E-state index contributed by atoms with van der Waals surface area (Å²) in [5, 5.41) is 17.6. The summed E-state index contributed by atoms with van der Waals surface area (Å²) >= 11 is 6.41. The van der Waals surface area contributed by atoms with E-state index < -0.39 is 6.10 Å². The second kappa shape index (κ2) is 17.2. The van der Waals surface area contributed by atoms with Gasteiger partial charge in [-0.05, 0) is 55.0 Å². The SMILES string of the molecule is CC.CC.CCNc1cc2c(cc1CC)OC(C(O)CNCC(S)CCSC)C2. The summed E-state index contributed by atoms with van der Waals surface area (Å²) < 4.78 is 6.03. The zero-order valence-electron chi connectivity index (χ0n) is 19.5. The molecule has 170 valence electrons. The maximum Gasteiger partial charge on any atom is 0.130 e. The normalized spacial score (nSPS) is 16.4. The minimum absolute atomic E-state index is 0.173. The number of hydrogen-bond acceptors (Lipinski definition) is 6. The van der Waals surface area contributed by atoms with E-state index in [1.807, 2.05) is 39.5 Å². The van der Waals surface area contributed by atoms with E-state index in [0.29, 0.717) is 11.8 Å². The highest BCUT2D eigenvalue weighted by atomic mass is 32.2. The van der Waals surface area contributed by atoms with Crippen LogP contribution in [-0.2, 0) is 12.8 Å². The van der Waals surface area contributed by atoms with Crippen molar-refractivity contribution in [1.82, 2.24) is 5.32 Å². The predicted molar refractivity (Wildman–Crippen MR) is 135 cm³/mol. The Kier molecular flexibility index (Phi) is 16.8. The summed E-state index contributed by atoms with van der Waals surface area (Å²) in [5.74, 6) is 2.04. The van der Waals surface area contributed by atoms with Gasteiger partial charge in [0.05, 0.1) is 0 Å². The van der Waals surface area contributed by atoms with Gasteiger partial charge in [-0.2, -0.15) is 24.4 Å². The fourth-order valence-electron chi connectivity index (χ4n) is 3.10. The molecule has 1 heterocycles. The van der Waals surface area contributed by atoms with E-state index in [-0.39, 0.29) is 6.10 Å². The molecule has 3 unspecified atom stereocenters. The first kappa shape index (κ1) is 28.4. The second-order valence-corrected chi connectivity index (χ2v) is 8.24. The number of thiol groups is 1. The molecule has 0 amide bonds. The molecule has 0 radical (unpaired) electrons. The molecule has 29 heavy (non-hydrogen) atoms. The lowest BCUT2D eigenvalue weighted by molar-refractivity contribution is 0.0502. The molecule has 0 saturated heterocycles. The molecule has 0 saturated carbocycles. The van der Waals surface area contributed by atoms with Crippen molar-refractivity contribution in [2.45, 2.75) is 78.3 Å². The van der Waals surface area contributed by atoms with Crippen LogP contribution >= 0.6 is 24.4 Å². The van der Waals surface area contributed by atoms with E-state index in [4.69, 9.17) is 4.74 Å². The first-order valence-corrected chi connectivity index (χ1v) is 13.1. The first-order valence-electron chi connectivity index (χ1n) is 11.2. The van der Waals surface area contributed by atoms with Crippen LogP contribution in [-0.4, -0.2) is 54.2 Å². The number of hydrogen-bond donors (Lipinski definition) is 4. The highest BCUT2D eigenvalue weighted by Gasteiger charge is 2.30. The summed E-state index contributed by atoms with van der Waals surface area (Å²) in [6, 6.07) is 4.31. The van der Waals surface area contributed by atoms with Gasteiger partial charge in [0.25, 0.3) is 0 Å². The van der Waals surface area contributed by atoms with E-state index in [2.05, 4.69) is 55.5 Å². The van der Waals surface area contributed by atoms with Crippen LogP contribution in [0.3, 0.4) is 0 Å². The second-order valence-electron chi connectivity index (χ2n) is 6.52. The molecule has 1 aliphatic heterocycles. The van der Waals surface area contributed by atoms with Gasteiger partial charge >= 0.3 is 0 Å². The Morgan fingerprint density at radius 2 is 1.90 bits per heavy atom. The van der Waals surface area contributed by atoms with Crippen molar-refractivity contribution in [1.29, 1.82) is 0 Å². The third-order valence-electron chi connectivity index (χ3n) is 4.55. The van der Waals surface area contributed by atoms with E-state index in [1.54, 1.807) is 0 Å². The van der Waals surface area contributed by atoms with E-state index in [0.717, 1.165) is 43.9 Å². The van der Waals surface area contributed by atoms with Gasteiger partial charge in [0.2, 0.25) is 0 Å². The average Bonchev–Trinajstić information content (AvgIpc) is 3.17. The summed E-state index contributed by atoms with van der Waals surface area (Å²) in [7, 11) is 0. The van der Waals surface area contributed by atoms with E-state index in [1.165, 1.54) is 16.8 Å². The van der Waals surface area contributed by atoms with Crippen LogP contribution < -0.4 is 15.4 Å². The van der Waals surface area contributed by atoms with Gasteiger partial charge in [0, 0.05) is 37.0 Å². The minimum atomic E-state index is -0.513. The Balaban J connectivity index is 0.00000184. The summed E-state index contributed by atoms with van der Waals surface area (Å²) in [5.41, 5.74) is 3.64. The van der Waals surface area contributed by atoms with Gasteiger partial charge in [-0.25, -0.2) is 0 Å². The van der Waals surface area contributed by atoms with Crippen LogP contribution in [0.1, 0.15) is 59.1 Å². The van der Waals surface area contributed by atoms with Crippen molar-refractivity contribution in [2.75, 3.05) is 37.0 Å². The molecule has 1 aliphatic rings. The van der Waals surface area contributed by atoms with Gasteiger partial charge in [-0.3, -0.25) is 0 Å². The monoisotopic (exact) mass is 444 g/mol. The molecular weight excluding hydrogens is 400 g/mol. The molecule has 4 nitrogen and oxygen atoms in total. The standard InChI is InChI=1S/C19H32N2O2S2.2C2H6/c1-4-13-9-18-14(8-16(13)21-5-2)10-19(23-18)17(22)12-20-11-15(24)6-7-25-3;2*1-2/h8-9,15,17,19-22,24H,4-7,10-12H2,1-3H3;2*1-2H3. The Hall–Kier alpha value is -0.560. The number of nitrogens with one attached hydrogen (secondary N) is 2. The highest BCUT2D eigenvalue weighted by Crippen LogP contribution is 2.35. The summed E-state index contributed by atoms with van der Waals surface area (Å²) in [6.07, 6.45) is 4.23. The van der Waals surface area contributed by atoms with Crippen molar-refractivity contribution in [3.63, 3.8) is 0 Å². The zero-order chi connectivity index (χ0) is 22.2. The average molecular weight is 445 g/mol. The Bertz CT molecular complexity index is 544. The quantitative estimate of drug-likeness (QED) is 0.360. The fraction of sp³-hybridized carbons (Fsp3) is 0.739. The molecular formula is C23H44N2O2S2. The molecule has 1 aromatic carbocycles. The molecule has 3 N–H and O–H groups in total. The van der Waals surface area contributed by atoms with Crippen LogP contribution in [0.5, 0.6) is 5.75 Å². The maximum atomic E-state index is 10.5. The minimum Gasteiger partial charge on any atom is -0.487 e. The highest BCUT2D eigenvalue weighted by molar-refractivity contribution is 7.98. The zero-order valence-corrected chi connectivity index (χ0v) is 21.3. The van der Waals surface area contributed by atoms with Crippen molar-refractivity contribution in [2.24, 2.45) is 0 Å². The molecule has 0 spiro atoms. The molecule has 0 fully saturated rings. The van der Waals surface area contributed by atoms with Crippen LogP contribution in [0.2, 0.25) is 0 Å². The maximum absolute atomic E-state index is 10.5. The number of aliphatic hydroxyl groups excluding tert-OH is 1. The van der Waals surface area contributed by atoms with Gasteiger partial charge < -0.3 is 20.5 Å². The predicted octanol–water partition coefficient (Wildman–Crippen LogP) is 5.04. The van der Waals surface area contributed by atoms with Crippen molar-refractivity contribution >= 4 is 30.1 Å². The van der Waals surface area contributed by atoms with Crippen LogP contribution in [0, 0.1) is 0 Å². The smallest absolute Gasteiger partial charge is 0.130 e. The third-order valence-corrected chi connectivity index (χ3v) is 5.64. The molecule has 6 heteroatoms. The lowest BCUT2D eigenvalue weighted by Crippen LogP contribution is -2.40. The molecule has 1 aromatic rings. The number of rotatable bonds is 11. The number of thioether (sulfide) groups is 1. The Morgan fingerprint density at radius 1 is 1.21 bits per heavy atom. The summed E-state index contributed by atoms with van der Waals surface area (Å²) in [6.45, 7) is 14.5. The largest absolute Gasteiger partial charge is 0.487 e. The molecule has 0 aromatic heterocycles. The number of anilines is 1. The third kappa shape index (κ3) is 9.86. The van der Waals surface area contributed by atoms with Crippen LogP contribution in [0.15, 0.2) is 12.1 Å².